The van der Waals surface area contributed by atoms with Crippen molar-refractivity contribution in [1.82, 2.24) is 14.8 Å². The van der Waals surface area contributed by atoms with E-state index in [-0.39, 0.29) is 5.56 Å². The summed E-state index contributed by atoms with van der Waals surface area (Å²) in [7, 11) is 0. The second kappa shape index (κ2) is 4.58. The molecule has 5 nitrogen and oxygen atoms in total. The fourth-order valence-electron chi connectivity index (χ4n) is 1.46. The molecule has 17 heavy (non-hydrogen) atoms. The minimum absolute atomic E-state index is 0.294. The smallest absolute Gasteiger partial charge is 0.268 e. The maximum atomic E-state index is 11.7. The van der Waals surface area contributed by atoms with Crippen LogP contribution in [0.5, 0.6) is 0 Å². The van der Waals surface area contributed by atoms with Crippen molar-refractivity contribution in [3.63, 3.8) is 0 Å². The summed E-state index contributed by atoms with van der Waals surface area (Å²) in [4.78, 5) is 15.8. The van der Waals surface area contributed by atoms with Crippen LogP contribution < -0.4 is 5.56 Å². The van der Waals surface area contributed by atoms with Crippen molar-refractivity contribution in [1.29, 1.82) is 5.26 Å². The Morgan fingerprint density at radius 2 is 2.29 bits per heavy atom. The van der Waals surface area contributed by atoms with Gasteiger partial charge in [0.05, 0.1) is 23.5 Å². The van der Waals surface area contributed by atoms with Crippen LogP contribution in [0.15, 0.2) is 35.3 Å². The van der Waals surface area contributed by atoms with E-state index >= 15 is 0 Å². The summed E-state index contributed by atoms with van der Waals surface area (Å²) >= 11 is 0. The van der Waals surface area contributed by atoms with Gasteiger partial charge in [-0.1, -0.05) is 6.07 Å². The lowest BCUT2D eigenvalue weighted by Crippen LogP contribution is -2.24. The zero-order chi connectivity index (χ0) is 12.3. The Kier molecular flexibility index (Phi) is 2.97. The van der Waals surface area contributed by atoms with Crippen molar-refractivity contribution < 1.29 is 0 Å². The molecule has 5 heteroatoms. The minimum atomic E-state index is -0.294. The first-order valence-corrected chi connectivity index (χ1v) is 5.09. The number of nitrogens with zero attached hydrogens (tertiary/aromatic N) is 4. The third-order valence-electron chi connectivity index (χ3n) is 2.34. The molecule has 0 fully saturated rings. The normalized spacial score (nSPS) is 9.88. The Balaban J connectivity index is 2.39. The van der Waals surface area contributed by atoms with Crippen molar-refractivity contribution in [2.45, 2.75) is 13.5 Å². The van der Waals surface area contributed by atoms with E-state index in [4.69, 9.17) is 5.26 Å². The van der Waals surface area contributed by atoms with Gasteiger partial charge in [-0.3, -0.25) is 9.78 Å². The SMILES string of the molecule is Cc1nn(Cc2ccccn2)c(=O)cc1C#N. The van der Waals surface area contributed by atoms with Gasteiger partial charge in [-0.15, -0.1) is 0 Å². The van der Waals surface area contributed by atoms with Crippen LogP contribution in [-0.4, -0.2) is 14.8 Å². The van der Waals surface area contributed by atoms with Crippen molar-refractivity contribution in [3.8, 4) is 6.07 Å². The predicted molar refractivity (Wildman–Crippen MR) is 61.3 cm³/mol. The summed E-state index contributed by atoms with van der Waals surface area (Å²) in [5, 5.41) is 12.9. The Morgan fingerprint density at radius 3 is 2.94 bits per heavy atom. The highest BCUT2D eigenvalue weighted by molar-refractivity contribution is 5.30. The van der Waals surface area contributed by atoms with Gasteiger partial charge in [0.1, 0.15) is 6.07 Å². The molecule has 0 aliphatic carbocycles. The Labute approximate surface area is 98.0 Å². The monoisotopic (exact) mass is 226 g/mol. The van der Waals surface area contributed by atoms with Crippen LogP contribution in [0.1, 0.15) is 17.0 Å². The molecular weight excluding hydrogens is 216 g/mol. The zero-order valence-corrected chi connectivity index (χ0v) is 9.29. The third kappa shape index (κ3) is 2.37. The summed E-state index contributed by atoms with van der Waals surface area (Å²) in [6.45, 7) is 2.01. The van der Waals surface area contributed by atoms with Crippen molar-refractivity contribution in [2.24, 2.45) is 0 Å². The van der Waals surface area contributed by atoms with Crippen molar-refractivity contribution in [3.05, 3.63) is 57.8 Å². The number of rotatable bonds is 2. The molecule has 2 aromatic rings. The Bertz CT molecular complexity index is 625. The quantitative estimate of drug-likeness (QED) is 0.761. The second-order valence-corrected chi connectivity index (χ2v) is 3.57. The van der Waals surface area contributed by atoms with Gasteiger partial charge in [0.25, 0.3) is 5.56 Å². The van der Waals surface area contributed by atoms with Gasteiger partial charge in [-0.25, -0.2) is 4.68 Å². The van der Waals surface area contributed by atoms with E-state index in [1.54, 1.807) is 13.1 Å². The highest BCUT2D eigenvalue weighted by atomic mass is 16.1. The first-order chi connectivity index (χ1) is 8.20. The fourth-order valence-corrected chi connectivity index (χ4v) is 1.46. The van der Waals surface area contributed by atoms with Crippen molar-refractivity contribution >= 4 is 0 Å². The molecule has 2 heterocycles. The largest absolute Gasteiger partial charge is 0.268 e. The molecule has 0 aliphatic heterocycles. The van der Waals surface area contributed by atoms with Gasteiger partial charge in [-0.2, -0.15) is 10.4 Å². The number of aryl methyl sites for hydroxylation is 1. The van der Waals surface area contributed by atoms with Crippen LogP contribution in [0, 0.1) is 18.3 Å². The second-order valence-electron chi connectivity index (χ2n) is 3.57. The summed E-state index contributed by atoms with van der Waals surface area (Å²) < 4.78 is 1.30. The molecule has 2 aromatic heterocycles. The van der Waals surface area contributed by atoms with Crippen molar-refractivity contribution in [2.75, 3.05) is 0 Å². The molecule has 0 unspecified atom stereocenters. The lowest BCUT2D eigenvalue weighted by atomic mass is 10.2. The zero-order valence-electron chi connectivity index (χ0n) is 9.29. The maximum Gasteiger partial charge on any atom is 0.268 e. The number of hydrogen-bond acceptors (Lipinski definition) is 4. The van der Waals surface area contributed by atoms with Gasteiger partial charge in [0.15, 0.2) is 0 Å². The highest BCUT2D eigenvalue weighted by Crippen LogP contribution is 2.00. The van der Waals surface area contributed by atoms with E-state index in [0.29, 0.717) is 17.8 Å². The van der Waals surface area contributed by atoms with Crippen LogP contribution >= 0.6 is 0 Å². The molecule has 2 rings (SSSR count). The summed E-state index contributed by atoms with van der Waals surface area (Å²) in [5.41, 5.74) is 1.32. The van der Waals surface area contributed by atoms with E-state index in [0.717, 1.165) is 5.69 Å². The van der Waals surface area contributed by atoms with Gasteiger partial charge >= 0.3 is 0 Å². The molecule has 0 bridgehead atoms. The standard InChI is InChI=1S/C12H10N4O/c1-9-10(7-13)6-12(17)16(15-9)8-11-4-2-3-5-14-11/h2-6H,8H2,1H3. The number of nitriles is 1. The molecule has 0 saturated heterocycles. The van der Waals surface area contributed by atoms with Crippen LogP contribution in [-0.2, 0) is 6.54 Å². The summed E-state index contributed by atoms with van der Waals surface area (Å²) in [6.07, 6.45) is 1.66. The summed E-state index contributed by atoms with van der Waals surface area (Å²) in [5.74, 6) is 0. The van der Waals surface area contributed by atoms with Gasteiger partial charge in [0, 0.05) is 12.3 Å². The number of aromatic nitrogens is 3. The summed E-state index contributed by atoms with van der Waals surface area (Å²) in [6, 6.07) is 8.71. The lowest BCUT2D eigenvalue weighted by molar-refractivity contribution is 0.617. The lowest BCUT2D eigenvalue weighted by Gasteiger charge is -2.05. The molecule has 0 aliphatic rings. The highest BCUT2D eigenvalue weighted by Gasteiger charge is 2.05. The average Bonchev–Trinajstić information content (AvgIpc) is 2.34. The molecule has 84 valence electrons. The van der Waals surface area contributed by atoms with E-state index < -0.39 is 0 Å². The number of hydrogen-bond donors (Lipinski definition) is 0. The molecule has 0 amide bonds. The Morgan fingerprint density at radius 1 is 1.47 bits per heavy atom. The fraction of sp³-hybridized carbons (Fsp3) is 0.167. The molecule has 0 saturated carbocycles. The van der Waals surface area contributed by atoms with Crippen LogP contribution in [0.2, 0.25) is 0 Å². The molecule has 0 atom stereocenters. The maximum absolute atomic E-state index is 11.7. The minimum Gasteiger partial charge on any atom is -0.268 e. The van der Waals surface area contributed by atoms with Crippen LogP contribution in [0.4, 0.5) is 0 Å². The van der Waals surface area contributed by atoms with Crippen LogP contribution in [0.3, 0.4) is 0 Å². The van der Waals surface area contributed by atoms with Gasteiger partial charge < -0.3 is 0 Å². The molecule has 0 spiro atoms. The predicted octanol–water partition coefficient (Wildman–Crippen LogP) is 0.867. The molecule has 0 radical (unpaired) electrons. The molecular formula is C12H10N4O. The Hall–Kier alpha value is -2.48. The first-order valence-electron chi connectivity index (χ1n) is 5.09. The van der Waals surface area contributed by atoms with E-state index in [1.165, 1.54) is 10.7 Å². The molecule has 0 N–H and O–H groups in total. The van der Waals surface area contributed by atoms with Gasteiger partial charge in [-0.05, 0) is 19.1 Å². The first kappa shape index (κ1) is 11.0. The van der Waals surface area contributed by atoms with E-state index in [2.05, 4.69) is 10.1 Å². The number of pyridine rings is 1. The van der Waals surface area contributed by atoms with Gasteiger partial charge in [0.2, 0.25) is 0 Å². The van der Waals surface area contributed by atoms with E-state index in [9.17, 15) is 4.79 Å². The topological polar surface area (TPSA) is 71.6 Å². The molecule has 0 aromatic carbocycles. The van der Waals surface area contributed by atoms with E-state index in [1.807, 2.05) is 24.3 Å². The van der Waals surface area contributed by atoms with Crippen LogP contribution in [0.25, 0.3) is 0 Å². The average molecular weight is 226 g/mol. The third-order valence-corrected chi connectivity index (χ3v) is 2.34.